The molecule has 0 rings (SSSR count). The van der Waals surface area contributed by atoms with Gasteiger partial charge < -0.3 is 14.2 Å². The summed E-state index contributed by atoms with van der Waals surface area (Å²) in [6.45, 7) is 7.11. The number of hydrogen-bond donors (Lipinski definition) is 2. The molecule has 0 aromatic heterocycles. The minimum absolute atomic E-state index is 0.0452. The van der Waals surface area contributed by atoms with Gasteiger partial charge in [0.1, 0.15) is 18.3 Å². The van der Waals surface area contributed by atoms with Crippen molar-refractivity contribution in [3.8, 4) is 0 Å². The summed E-state index contributed by atoms with van der Waals surface area (Å²) in [6, 6.07) is 0. The van der Waals surface area contributed by atoms with Crippen molar-refractivity contribution >= 4 is 6.16 Å². The Balaban J connectivity index is 3.48. The van der Waals surface area contributed by atoms with Gasteiger partial charge >= 0.3 is 6.16 Å². The van der Waals surface area contributed by atoms with E-state index in [1.165, 1.54) is 0 Å². The smallest absolute Gasteiger partial charge is 0.432 e. The van der Waals surface area contributed by atoms with E-state index in [9.17, 15) is 4.79 Å². The van der Waals surface area contributed by atoms with E-state index < -0.39 is 17.9 Å². The third-order valence-corrected chi connectivity index (χ3v) is 1.46. The van der Waals surface area contributed by atoms with Crippen LogP contribution in [0.15, 0.2) is 0 Å². The van der Waals surface area contributed by atoms with Crippen LogP contribution < -0.4 is 0 Å². The molecule has 0 aliphatic carbocycles. The van der Waals surface area contributed by atoms with E-state index in [0.717, 1.165) is 0 Å². The van der Waals surface area contributed by atoms with Crippen molar-refractivity contribution in [2.45, 2.75) is 39.4 Å². The minimum atomic E-state index is -0.757. The molecule has 0 fully saturated rings. The molecular formula is C10H21NO7. The van der Waals surface area contributed by atoms with Crippen LogP contribution in [0.2, 0.25) is 0 Å². The molecule has 0 aromatic rings. The van der Waals surface area contributed by atoms with Gasteiger partial charge in [0.2, 0.25) is 0 Å². The fourth-order valence-corrected chi connectivity index (χ4v) is 0.904. The molecule has 0 saturated carbocycles. The van der Waals surface area contributed by atoms with Gasteiger partial charge in [0.25, 0.3) is 0 Å². The summed E-state index contributed by atoms with van der Waals surface area (Å²) in [5, 5.41) is 16.3. The highest BCUT2D eigenvalue weighted by Gasteiger charge is 2.17. The van der Waals surface area contributed by atoms with Crippen LogP contribution in [0.25, 0.3) is 0 Å². The molecule has 0 radical (unpaired) electrons. The Hall–Kier alpha value is -0.930. The third kappa shape index (κ3) is 11.6. The van der Waals surface area contributed by atoms with Gasteiger partial charge in [-0.05, 0) is 27.7 Å². The van der Waals surface area contributed by atoms with E-state index in [0.29, 0.717) is 0 Å². The first kappa shape index (κ1) is 17.1. The average molecular weight is 267 g/mol. The molecular weight excluding hydrogens is 246 g/mol. The van der Waals surface area contributed by atoms with Gasteiger partial charge in [0, 0.05) is 0 Å². The van der Waals surface area contributed by atoms with Gasteiger partial charge in [-0.15, -0.1) is 0 Å². The van der Waals surface area contributed by atoms with Gasteiger partial charge in [-0.2, -0.15) is 0 Å². The highest BCUT2D eigenvalue weighted by molar-refractivity contribution is 5.60. The third-order valence-electron chi connectivity index (χ3n) is 1.46. The maximum Gasteiger partial charge on any atom is 0.508 e. The van der Waals surface area contributed by atoms with Gasteiger partial charge in [-0.25, -0.2) is 9.63 Å². The molecule has 0 saturated heterocycles. The molecule has 0 unspecified atom stereocenters. The second-order valence-electron chi connectivity index (χ2n) is 4.56. The molecule has 1 atom stereocenters. The van der Waals surface area contributed by atoms with E-state index in [4.69, 9.17) is 24.6 Å². The number of nitrogens with zero attached hydrogens (tertiary/aromatic N) is 1. The number of ether oxygens (including phenoxy) is 3. The van der Waals surface area contributed by atoms with Crippen LogP contribution in [0.1, 0.15) is 27.7 Å². The van der Waals surface area contributed by atoms with Crippen molar-refractivity contribution in [2.24, 2.45) is 0 Å². The summed E-state index contributed by atoms with van der Waals surface area (Å²) in [5.41, 5.74) is -0.591. The quantitative estimate of drug-likeness (QED) is 0.405. The summed E-state index contributed by atoms with van der Waals surface area (Å²) >= 11 is 0. The molecule has 8 nitrogen and oxygen atoms in total. The Bertz CT molecular complexity index is 239. The summed E-state index contributed by atoms with van der Waals surface area (Å²) in [7, 11) is 0. The normalized spacial score (nSPS) is 13.5. The van der Waals surface area contributed by atoms with E-state index in [1.54, 1.807) is 27.7 Å². The maximum absolute atomic E-state index is 11.1. The first-order valence-electron chi connectivity index (χ1n) is 5.49. The van der Waals surface area contributed by atoms with E-state index in [2.05, 4.69) is 4.84 Å². The summed E-state index contributed by atoms with van der Waals surface area (Å²) < 4.78 is 14.7. The van der Waals surface area contributed by atoms with Crippen molar-refractivity contribution in [3.05, 3.63) is 0 Å². The number of hydrogen-bond acceptors (Lipinski definition) is 8. The lowest BCUT2D eigenvalue weighted by Gasteiger charge is -2.19. The Morgan fingerprint density at radius 1 is 1.28 bits per heavy atom. The van der Waals surface area contributed by atoms with E-state index in [1.807, 2.05) is 0 Å². The van der Waals surface area contributed by atoms with Crippen molar-refractivity contribution < 1.29 is 34.3 Å². The monoisotopic (exact) mass is 267 g/mol. The van der Waals surface area contributed by atoms with E-state index in [-0.39, 0.29) is 25.2 Å². The first-order valence-corrected chi connectivity index (χ1v) is 5.49. The van der Waals surface area contributed by atoms with Crippen molar-refractivity contribution in [3.63, 3.8) is 0 Å². The molecule has 0 aliphatic heterocycles. The second-order valence-corrected chi connectivity index (χ2v) is 4.56. The Morgan fingerprint density at radius 3 is 2.39 bits per heavy atom. The lowest BCUT2D eigenvalue weighted by atomic mass is 10.2. The predicted octanol–water partition coefficient (Wildman–Crippen LogP) is 1.36. The average Bonchev–Trinajstić information content (AvgIpc) is 2.12. The second kappa shape index (κ2) is 8.22. The molecule has 0 amide bonds. The van der Waals surface area contributed by atoms with Gasteiger partial charge in [-0.1, -0.05) is 0 Å². The van der Waals surface area contributed by atoms with Crippen molar-refractivity contribution in [1.29, 1.82) is 0 Å². The lowest BCUT2D eigenvalue weighted by molar-refractivity contribution is -0.504. The highest BCUT2D eigenvalue weighted by atomic mass is 17.1. The molecule has 8 heteroatoms. The summed E-state index contributed by atoms with van der Waals surface area (Å²) in [6.07, 6.45) is -1.30. The maximum atomic E-state index is 11.1. The van der Waals surface area contributed by atoms with Crippen molar-refractivity contribution in [1.82, 2.24) is 5.39 Å². The van der Waals surface area contributed by atoms with Gasteiger partial charge in [0.05, 0.1) is 18.6 Å². The van der Waals surface area contributed by atoms with Crippen LogP contribution in [0.5, 0.6) is 0 Å². The van der Waals surface area contributed by atoms with Gasteiger partial charge in [0.15, 0.2) is 0 Å². The number of carbonyl (C=O) groups excluding carboxylic acids is 1. The molecule has 2 N–H and O–H groups in total. The summed E-state index contributed by atoms with van der Waals surface area (Å²) in [4.78, 5) is 15.5. The molecule has 0 aliphatic rings. The molecule has 0 heterocycles. The fraction of sp³-hybridized carbons (Fsp3) is 0.900. The molecule has 0 bridgehead atoms. The Morgan fingerprint density at radius 2 is 1.89 bits per heavy atom. The predicted molar refractivity (Wildman–Crippen MR) is 59.0 cm³/mol. The van der Waals surface area contributed by atoms with Gasteiger partial charge in [-0.3, -0.25) is 10.4 Å². The first-order chi connectivity index (χ1) is 8.20. The topological polar surface area (TPSA) is 97.7 Å². The van der Waals surface area contributed by atoms with E-state index >= 15 is 0 Å². The minimum Gasteiger partial charge on any atom is -0.432 e. The highest BCUT2D eigenvalue weighted by Crippen LogP contribution is 2.07. The zero-order chi connectivity index (χ0) is 14.2. The Labute approximate surface area is 106 Å². The zero-order valence-electron chi connectivity index (χ0n) is 11.1. The zero-order valence-corrected chi connectivity index (χ0v) is 11.1. The molecule has 108 valence electrons. The fourth-order valence-electron chi connectivity index (χ4n) is 0.904. The summed E-state index contributed by atoms with van der Waals surface area (Å²) in [5.74, 6) is 0. The number of rotatable bonds is 7. The van der Waals surface area contributed by atoms with Crippen LogP contribution in [0, 0.1) is 0 Å². The molecule has 0 aromatic carbocycles. The Kier molecular flexibility index (Phi) is 7.80. The molecule has 18 heavy (non-hydrogen) atoms. The standard InChI is InChI=1S/C10H21NO7/c1-8(18-11(13)14)7-15-5-6-16-9(12)17-10(2,3)4/h8,13-14H,5-7H2,1-4H3/t8-/m1/s1. The SMILES string of the molecule is C[C@H](COCCOC(=O)OC(C)(C)C)ON(O)O. The van der Waals surface area contributed by atoms with Crippen LogP contribution in [0.4, 0.5) is 4.79 Å². The van der Waals surface area contributed by atoms with Crippen molar-refractivity contribution in [2.75, 3.05) is 19.8 Å². The van der Waals surface area contributed by atoms with Crippen LogP contribution in [-0.4, -0.2) is 53.5 Å². The largest absolute Gasteiger partial charge is 0.508 e. The van der Waals surface area contributed by atoms with Crippen LogP contribution in [0.3, 0.4) is 0 Å². The number of carbonyl (C=O) groups is 1. The lowest BCUT2D eigenvalue weighted by Crippen LogP contribution is -2.27. The molecule has 0 spiro atoms. The van der Waals surface area contributed by atoms with Crippen LogP contribution in [-0.2, 0) is 19.0 Å². The van der Waals surface area contributed by atoms with Crippen LogP contribution >= 0.6 is 0 Å².